The third-order valence-corrected chi connectivity index (χ3v) is 5.63. The Bertz CT molecular complexity index is 399. The average Bonchev–Trinajstić information content (AvgIpc) is 2.88. The van der Waals surface area contributed by atoms with Crippen molar-refractivity contribution in [1.29, 1.82) is 0 Å². The third-order valence-electron chi connectivity index (χ3n) is 3.59. The summed E-state index contributed by atoms with van der Waals surface area (Å²) in [5, 5.41) is 9.02. The van der Waals surface area contributed by atoms with E-state index in [4.69, 9.17) is 5.11 Å². The van der Waals surface area contributed by atoms with Crippen molar-refractivity contribution in [3.8, 4) is 0 Å². The van der Waals surface area contributed by atoms with Crippen molar-refractivity contribution in [3.63, 3.8) is 0 Å². The van der Waals surface area contributed by atoms with Gasteiger partial charge in [0.15, 0.2) is 0 Å². The molecular weight excluding hydrogens is 280 g/mol. The molecule has 1 aliphatic rings. The predicted octanol–water partition coefficient (Wildman–Crippen LogP) is 1.68. The number of hydrogen-bond donors (Lipinski definition) is 1. The Kier molecular flexibility index (Phi) is 6.91. The third kappa shape index (κ3) is 4.43. The van der Waals surface area contributed by atoms with Gasteiger partial charge < -0.3 is 5.11 Å². The van der Waals surface area contributed by atoms with Crippen LogP contribution in [-0.4, -0.2) is 53.8 Å². The first kappa shape index (κ1) is 17.4. The fourth-order valence-electron chi connectivity index (χ4n) is 2.71. The monoisotopic (exact) mass is 306 g/mol. The van der Waals surface area contributed by atoms with Gasteiger partial charge in [-0.3, -0.25) is 4.79 Å². The lowest BCUT2D eigenvalue weighted by Gasteiger charge is -2.32. The first-order valence-electron chi connectivity index (χ1n) is 7.42. The lowest BCUT2D eigenvalue weighted by molar-refractivity contribution is -0.137. The Morgan fingerprint density at radius 1 is 1.15 bits per heavy atom. The molecular formula is C13H26N2O4S. The van der Waals surface area contributed by atoms with Crippen molar-refractivity contribution in [1.82, 2.24) is 8.61 Å². The van der Waals surface area contributed by atoms with Crippen molar-refractivity contribution in [2.45, 2.75) is 58.4 Å². The van der Waals surface area contributed by atoms with Crippen LogP contribution in [0.3, 0.4) is 0 Å². The van der Waals surface area contributed by atoms with Crippen molar-refractivity contribution >= 4 is 16.2 Å². The molecule has 0 bridgehead atoms. The minimum atomic E-state index is -3.68. The van der Waals surface area contributed by atoms with E-state index in [1.807, 2.05) is 13.8 Å². The molecule has 0 amide bonds. The van der Waals surface area contributed by atoms with Crippen LogP contribution in [0.2, 0.25) is 0 Å². The molecule has 0 radical (unpaired) electrons. The van der Waals surface area contributed by atoms with E-state index < -0.39 is 22.7 Å². The Labute approximate surface area is 121 Å². The summed E-state index contributed by atoms with van der Waals surface area (Å²) in [5.41, 5.74) is 0. The number of aliphatic carboxylic acids is 1. The summed E-state index contributed by atoms with van der Waals surface area (Å²) in [6.45, 7) is 4.31. The molecule has 1 fully saturated rings. The summed E-state index contributed by atoms with van der Waals surface area (Å²) in [7, 11) is -3.68. The van der Waals surface area contributed by atoms with E-state index in [2.05, 4.69) is 0 Å². The molecule has 1 aliphatic carbocycles. The van der Waals surface area contributed by atoms with Crippen LogP contribution in [0, 0.1) is 0 Å². The number of nitrogens with zero attached hydrogens (tertiary/aromatic N) is 2. The summed E-state index contributed by atoms with van der Waals surface area (Å²) in [6, 6.07) is -0.160. The van der Waals surface area contributed by atoms with E-state index in [0.717, 1.165) is 38.5 Å². The molecule has 1 saturated carbocycles. The highest BCUT2D eigenvalue weighted by Crippen LogP contribution is 2.27. The van der Waals surface area contributed by atoms with Crippen LogP contribution in [-0.2, 0) is 15.0 Å². The van der Waals surface area contributed by atoms with E-state index in [9.17, 15) is 13.2 Å². The molecule has 1 rings (SSSR count). The Morgan fingerprint density at radius 2 is 1.65 bits per heavy atom. The molecule has 0 aromatic carbocycles. The minimum absolute atomic E-state index is 0.160. The molecule has 0 heterocycles. The van der Waals surface area contributed by atoms with Gasteiger partial charge in [0.25, 0.3) is 10.2 Å². The molecule has 7 heteroatoms. The van der Waals surface area contributed by atoms with Crippen molar-refractivity contribution in [2.75, 3.05) is 19.6 Å². The molecule has 0 aromatic rings. The van der Waals surface area contributed by atoms with Gasteiger partial charge in [-0.15, -0.1) is 0 Å². The van der Waals surface area contributed by atoms with Crippen LogP contribution in [0.1, 0.15) is 52.4 Å². The summed E-state index contributed by atoms with van der Waals surface area (Å²) in [6.07, 6.45) is 4.92. The maximum Gasteiger partial charge on any atom is 0.318 e. The zero-order chi connectivity index (χ0) is 15.2. The number of rotatable bonds is 9. The quantitative estimate of drug-likeness (QED) is 0.703. The molecule has 20 heavy (non-hydrogen) atoms. The Balaban J connectivity index is 2.97. The van der Waals surface area contributed by atoms with Gasteiger partial charge in [-0.1, -0.05) is 26.7 Å². The van der Waals surface area contributed by atoms with Gasteiger partial charge in [0.1, 0.15) is 6.54 Å². The van der Waals surface area contributed by atoms with Gasteiger partial charge >= 0.3 is 5.97 Å². The van der Waals surface area contributed by atoms with E-state index >= 15 is 0 Å². The van der Waals surface area contributed by atoms with Gasteiger partial charge in [0.05, 0.1) is 0 Å². The predicted molar refractivity (Wildman–Crippen MR) is 77.7 cm³/mol. The summed E-state index contributed by atoms with van der Waals surface area (Å²) >= 11 is 0. The molecule has 6 nitrogen and oxygen atoms in total. The van der Waals surface area contributed by atoms with Gasteiger partial charge in [0.2, 0.25) is 0 Å². The van der Waals surface area contributed by atoms with Crippen molar-refractivity contribution in [2.24, 2.45) is 0 Å². The average molecular weight is 306 g/mol. The van der Waals surface area contributed by atoms with Crippen LogP contribution in [0.15, 0.2) is 0 Å². The molecule has 0 atom stereocenters. The SMILES string of the molecule is CCCN(CCC)S(=O)(=O)N(CC(=O)O)C1CCCC1. The van der Waals surface area contributed by atoms with E-state index in [1.165, 1.54) is 8.61 Å². The highest BCUT2D eigenvalue weighted by molar-refractivity contribution is 7.86. The summed E-state index contributed by atoms with van der Waals surface area (Å²) in [4.78, 5) is 11.0. The maximum atomic E-state index is 12.7. The fraction of sp³-hybridized carbons (Fsp3) is 0.923. The zero-order valence-electron chi connectivity index (χ0n) is 12.4. The van der Waals surface area contributed by atoms with E-state index in [-0.39, 0.29) is 6.04 Å². The highest BCUT2D eigenvalue weighted by atomic mass is 32.2. The van der Waals surface area contributed by atoms with Crippen LogP contribution < -0.4 is 0 Å². The Hall–Kier alpha value is -0.660. The van der Waals surface area contributed by atoms with Crippen molar-refractivity contribution in [3.05, 3.63) is 0 Å². The number of carboxylic acid groups (broad SMARTS) is 1. The fourth-order valence-corrected chi connectivity index (χ4v) is 4.70. The summed E-state index contributed by atoms with van der Waals surface area (Å²) in [5.74, 6) is -1.09. The summed E-state index contributed by atoms with van der Waals surface area (Å²) < 4.78 is 28.1. The molecule has 118 valence electrons. The second-order valence-corrected chi connectivity index (χ2v) is 7.17. The second kappa shape index (κ2) is 7.95. The molecule has 0 spiro atoms. The maximum absolute atomic E-state index is 12.7. The van der Waals surface area contributed by atoms with Gasteiger partial charge in [-0.25, -0.2) is 0 Å². The first-order chi connectivity index (χ1) is 9.43. The zero-order valence-corrected chi connectivity index (χ0v) is 13.2. The van der Waals surface area contributed by atoms with Crippen LogP contribution >= 0.6 is 0 Å². The van der Waals surface area contributed by atoms with Crippen LogP contribution in [0.4, 0.5) is 0 Å². The van der Waals surface area contributed by atoms with Gasteiger partial charge in [0, 0.05) is 19.1 Å². The topological polar surface area (TPSA) is 77.9 Å². The largest absolute Gasteiger partial charge is 0.480 e. The number of hydrogen-bond acceptors (Lipinski definition) is 3. The molecule has 0 unspecified atom stereocenters. The lowest BCUT2D eigenvalue weighted by Crippen LogP contribution is -2.50. The number of carbonyl (C=O) groups is 1. The lowest BCUT2D eigenvalue weighted by atomic mass is 10.2. The van der Waals surface area contributed by atoms with Crippen LogP contribution in [0.25, 0.3) is 0 Å². The van der Waals surface area contributed by atoms with E-state index in [1.54, 1.807) is 0 Å². The standard InChI is InChI=1S/C13H26N2O4S/c1-3-9-14(10-4-2)20(18,19)15(11-13(16)17)12-7-5-6-8-12/h12H,3-11H2,1-2H3,(H,16,17). The Morgan fingerprint density at radius 3 is 2.05 bits per heavy atom. The molecule has 0 aliphatic heterocycles. The molecule has 0 saturated heterocycles. The van der Waals surface area contributed by atoms with Gasteiger partial charge in [-0.2, -0.15) is 17.0 Å². The van der Waals surface area contributed by atoms with Crippen molar-refractivity contribution < 1.29 is 18.3 Å². The molecule has 1 N–H and O–H groups in total. The highest BCUT2D eigenvalue weighted by Gasteiger charge is 2.36. The smallest absolute Gasteiger partial charge is 0.318 e. The van der Waals surface area contributed by atoms with Gasteiger partial charge in [-0.05, 0) is 25.7 Å². The number of carboxylic acids is 1. The first-order valence-corrected chi connectivity index (χ1v) is 8.81. The normalized spacial score (nSPS) is 17.2. The minimum Gasteiger partial charge on any atom is -0.480 e. The second-order valence-electron chi connectivity index (χ2n) is 5.28. The van der Waals surface area contributed by atoms with Crippen LogP contribution in [0.5, 0.6) is 0 Å². The molecule has 0 aromatic heterocycles. The van der Waals surface area contributed by atoms with E-state index in [0.29, 0.717) is 13.1 Å².